The molecule has 166 valence electrons. The largest absolute Gasteiger partial charge is 0.381 e. The number of hydrogen-bond acceptors (Lipinski definition) is 8. The van der Waals surface area contributed by atoms with Crippen LogP contribution in [0.15, 0.2) is 24.4 Å². The van der Waals surface area contributed by atoms with Gasteiger partial charge < -0.3 is 10.1 Å². The van der Waals surface area contributed by atoms with Crippen LogP contribution < -0.4 is 10.6 Å². The van der Waals surface area contributed by atoms with Gasteiger partial charge in [0.2, 0.25) is 11.8 Å². The quantitative estimate of drug-likeness (QED) is 0.616. The Kier molecular flexibility index (Phi) is 5.17. The zero-order valence-electron chi connectivity index (χ0n) is 17.2. The number of amides is 4. The van der Waals surface area contributed by atoms with E-state index in [0.29, 0.717) is 23.8 Å². The number of anilines is 1. The van der Waals surface area contributed by atoms with Crippen LogP contribution in [-0.2, 0) is 27.4 Å². The molecule has 4 amide bonds. The van der Waals surface area contributed by atoms with Crippen LogP contribution in [0.4, 0.5) is 5.69 Å². The van der Waals surface area contributed by atoms with Crippen LogP contribution in [0.1, 0.15) is 45.7 Å². The summed E-state index contributed by atoms with van der Waals surface area (Å²) in [5.41, 5.74) is 1.63. The van der Waals surface area contributed by atoms with Crippen molar-refractivity contribution in [3.8, 4) is 0 Å². The predicted molar refractivity (Wildman–Crippen MR) is 109 cm³/mol. The summed E-state index contributed by atoms with van der Waals surface area (Å²) in [6.45, 7) is 2.55. The van der Waals surface area contributed by atoms with Crippen molar-refractivity contribution in [1.29, 1.82) is 0 Å². The van der Waals surface area contributed by atoms with Gasteiger partial charge in [-0.3, -0.25) is 34.1 Å². The first-order valence-corrected chi connectivity index (χ1v) is 10.6. The normalized spacial score (nSPS) is 22.9. The molecule has 0 bridgehead atoms. The number of nitrogens with zero attached hydrogens (tertiary/aromatic N) is 4. The highest BCUT2D eigenvalue weighted by molar-refractivity contribution is 6.25. The molecule has 1 aromatic heterocycles. The first-order valence-electron chi connectivity index (χ1n) is 10.6. The second-order valence-electron chi connectivity index (χ2n) is 8.19. The van der Waals surface area contributed by atoms with Crippen molar-refractivity contribution in [2.45, 2.75) is 38.4 Å². The molecule has 2 N–H and O–H groups in total. The molecule has 2 fully saturated rings. The van der Waals surface area contributed by atoms with Crippen LogP contribution in [0.2, 0.25) is 0 Å². The Balaban J connectivity index is 1.30. The van der Waals surface area contributed by atoms with E-state index in [1.54, 1.807) is 22.9 Å². The van der Waals surface area contributed by atoms with Gasteiger partial charge in [0.05, 0.1) is 30.5 Å². The van der Waals surface area contributed by atoms with E-state index < -0.39 is 29.7 Å². The van der Waals surface area contributed by atoms with Gasteiger partial charge in [0.15, 0.2) is 0 Å². The molecule has 0 saturated carbocycles. The monoisotopic (exact) mass is 438 g/mol. The van der Waals surface area contributed by atoms with E-state index in [4.69, 9.17) is 4.74 Å². The van der Waals surface area contributed by atoms with E-state index in [1.165, 1.54) is 0 Å². The lowest BCUT2D eigenvalue weighted by Crippen LogP contribution is -2.54. The summed E-state index contributed by atoms with van der Waals surface area (Å²) in [7, 11) is 0. The van der Waals surface area contributed by atoms with Crippen molar-refractivity contribution in [1.82, 2.24) is 25.2 Å². The highest BCUT2D eigenvalue weighted by atomic mass is 16.5. The Morgan fingerprint density at radius 2 is 2.03 bits per heavy atom. The smallest absolute Gasteiger partial charge is 0.264 e. The molecular formula is C21H22N6O5. The molecule has 2 unspecified atom stereocenters. The number of imide groups is 2. The topological polar surface area (TPSA) is 136 Å². The SMILES string of the molecule is O=C1CCC(N2C(=O)c3cccc(NCc4cn(CC5CCOC5)nn4)c3C2=O)C(=O)N1. The molecule has 1 aromatic carbocycles. The maximum Gasteiger partial charge on any atom is 0.264 e. The first kappa shape index (κ1) is 20.3. The third-order valence-corrected chi connectivity index (χ3v) is 5.98. The molecule has 2 saturated heterocycles. The summed E-state index contributed by atoms with van der Waals surface area (Å²) in [6, 6.07) is 3.95. The number of nitrogens with one attached hydrogen (secondary N) is 2. The van der Waals surface area contributed by atoms with Crippen LogP contribution >= 0.6 is 0 Å². The third kappa shape index (κ3) is 3.64. The maximum absolute atomic E-state index is 13.1. The van der Waals surface area contributed by atoms with Crippen LogP contribution in [0.5, 0.6) is 0 Å². The molecule has 2 atom stereocenters. The summed E-state index contributed by atoms with van der Waals surface area (Å²) in [5.74, 6) is -1.69. The molecule has 5 rings (SSSR count). The molecule has 3 aliphatic heterocycles. The van der Waals surface area contributed by atoms with Crippen LogP contribution in [0, 0.1) is 5.92 Å². The molecular weight excluding hydrogens is 416 g/mol. The average Bonchev–Trinajstić information content (AvgIpc) is 3.50. The Morgan fingerprint density at radius 1 is 1.16 bits per heavy atom. The third-order valence-electron chi connectivity index (χ3n) is 5.98. The fourth-order valence-corrected chi connectivity index (χ4v) is 4.35. The van der Waals surface area contributed by atoms with E-state index in [-0.39, 0.29) is 24.0 Å². The molecule has 0 radical (unpaired) electrons. The van der Waals surface area contributed by atoms with Gasteiger partial charge in [0.25, 0.3) is 11.8 Å². The summed E-state index contributed by atoms with van der Waals surface area (Å²) >= 11 is 0. The van der Waals surface area contributed by atoms with Gasteiger partial charge >= 0.3 is 0 Å². The van der Waals surface area contributed by atoms with E-state index >= 15 is 0 Å². The number of benzene rings is 1. The van der Waals surface area contributed by atoms with Crippen molar-refractivity contribution in [3.05, 3.63) is 41.2 Å². The Morgan fingerprint density at radius 3 is 2.81 bits per heavy atom. The molecule has 4 heterocycles. The average molecular weight is 438 g/mol. The van der Waals surface area contributed by atoms with Gasteiger partial charge in [-0.1, -0.05) is 11.3 Å². The maximum atomic E-state index is 13.1. The Hall–Kier alpha value is -3.60. The lowest BCUT2D eigenvalue weighted by molar-refractivity contribution is -0.136. The molecule has 32 heavy (non-hydrogen) atoms. The van der Waals surface area contributed by atoms with E-state index in [0.717, 1.165) is 31.1 Å². The number of carbonyl (C=O) groups is 4. The summed E-state index contributed by atoms with van der Waals surface area (Å²) in [5, 5.41) is 13.7. The van der Waals surface area contributed by atoms with E-state index in [9.17, 15) is 19.2 Å². The lowest BCUT2D eigenvalue weighted by atomic mass is 10.0. The molecule has 11 heteroatoms. The molecule has 0 aliphatic carbocycles. The van der Waals surface area contributed by atoms with Crippen molar-refractivity contribution >= 4 is 29.3 Å². The van der Waals surface area contributed by atoms with Crippen molar-refractivity contribution in [2.75, 3.05) is 18.5 Å². The summed E-state index contributed by atoms with van der Waals surface area (Å²) in [6.07, 6.45) is 3.05. The van der Waals surface area contributed by atoms with Gasteiger partial charge in [-0.25, -0.2) is 0 Å². The first-order chi connectivity index (χ1) is 15.5. The lowest BCUT2D eigenvalue weighted by Gasteiger charge is -2.27. The van der Waals surface area contributed by atoms with Gasteiger partial charge in [-0.2, -0.15) is 0 Å². The number of ether oxygens (including phenoxy) is 1. The molecule has 3 aliphatic rings. The van der Waals surface area contributed by atoms with Crippen LogP contribution in [-0.4, -0.2) is 62.8 Å². The Bertz CT molecular complexity index is 1110. The van der Waals surface area contributed by atoms with E-state index in [2.05, 4.69) is 20.9 Å². The minimum absolute atomic E-state index is 0.0809. The van der Waals surface area contributed by atoms with E-state index in [1.807, 2.05) is 6.20 Å². The minimum Gasteiger partial charge on any atom is -0.381 e. The van der Waals surface area contributed by atoms with Gasteiger partial charge in [0, 0.05) is 31.2 Å². The van der Waals surface area contributed by atoms with Crippen molar-refractivity contribution < 1.29 is 23.9 Å². The Labute approximate surface area is 183 Å². The van der Waals surface area contributed by atoms with Gasteiger partial charge in [-0.15, -0.1) is 5.10 Å². The predicted octanol–water partition coefficient (Wildman–Crippen LogP) is 0.328. The zero-order chi connectivity index (χ0) is 22.2. The number of fused-ring (bicyclic) bond motifs is 1. The van der Waals surface area contributed by atoms with Crippen molar-refractivity contribution in [2.24, 2.45) is 5.92 Å². The molecule has 2 aromatic rings. The number of aromatic nitrogens is 3. The van der Waals surface area contributed by atoms with Crippen LogP contribution in [0.3, 0.4) is 0 Å². The summed E-state index contributed by atoms with van der Waals surface area (Å²) < 4.78 is 7.17. The zero-order valence-corrected chi connectivity index (χ0v) is 17.2. The second kappa shape index (κ2) is 8.15. The molecule has 0 spiro atoms. The number of hydrogen-bond donors (Lipinski definition) is 2. The highest BCUT2D eigenvalue weighted by Crippen LogP contribution is 2.32. The minimum atomic E-state index is -0.993. The van der Waals surface area contributed by atoms with Crippen molar-refractivity contribution in [3.63, 3.8) is 0 Å². The molecule has 11 nitrogen and oxygen atoms in total. The standard InChI is InChI=1S/C21H22N6O5/c28-17-5-4-16(19(29)23-17)27-20(30)14-2-1-3-15(18(14)21(27)31)22-8-13-10-26(25-24-13)9-12-6-7-32-11-12/h1-3,10,12,16,22H,4-9,11H2,(H,23,28,29). The second-order valence-corrected chi connectivity index (χ2v) is 8.19. The summed E-state index contributed by atoms with van der Waals surface area (Å²) in [4.78, 5) is 50.7. The van der Waals surface area contributed by atoms with Gasteiger partial charge in [-0.05, 0) is 25.0 Å². The highest BCUT2D eigenvalue weighted by Gasteiger charge is 2.45. The fourth-order valence-electron chi connectivity index (χ4n) is 4.35. The van der Waals surface area contributed by atoms with Gasteiger partial charge in [0.1, 0.15) is 11.7 Å². The number of carbonyl (C=O) groups excluding carboxylic acids is 4. The number of piperidine rings is 1. The fraction of sp³-hybridized carbons (Fsp3) is 0.429. The number of rotatable bonds is 6. The van der Waals surface area contributed by atoms with Crippen LogP contribution in [0.25, 0.3) is 0 Å².